The zero-order valence-electron chi connectivity index (χ0n) is 15.2. The van der Waals surface area contributed by atoms with Gasteiger partial charge < -0.3 is 9.80 Å². The smallest absolute Gasteiger partial charge is 0.162 e. The molecule has 3 aromatic heterocycles. The highest BCUT2D eigenvalue weighted by molar-refractivity contribution is 7.08. The molecule has 5 nitrogen and oxygen atoms in total. The second kappa shape index (κ2) is 6.79. The lowest BCUT2D eigenvalue weighted by Gasteiger charge is -2.33. The topological polar surface area (TPSA) is 36.7 Å². The van der Waals surface area contributed by atoms with Crippen molar-refractivity contribution in [3.05, 3.63) is 59.4 Å². The van der Waals surface area contributed by atoms with Crippen molar-refractivity contribution in [2.45, 2.75) is 0 Å². The van der Waals surface area contributed by atoms with Gasteiger partial charge in [-0.2, -0.15) is 11.3 Å². The van der Waals surface area contributed by atoms with E-state index in [0.717, 1.165) is 54.5 Å². The number of imidazole rings is 1. The van der Waals surface area contributed by atoms with Crippen LogP contribution in [0, 0.1) is 0 Å². The molecule has 1 aliphatic rings. The molecule has 0 bridgehead atoms. The van der Waals surface area contributed by atoms with Crippen molar-refractivity contribution in [3.8, 4) is 22.4 Å². The first-order valence-corrected chi connectivity index (χ1v) is 10.1. The fourth-order valence-electron chi connectivity index (χ4n) is 3.53. The molecule has 0 N–H and O–H groups in total. The highest BCUT2D eigenvalue weighted by Crippen LogP contribution is 2.31. The Hall–Kier alpha value is -2.70. The zero-order chi connectivity index (χ0) is 18.2. The summed E-state index contributed by atoms with van der Waals surface area (Å²) in [5.74, 6) is 1.02. The Balaban J connectivity index is 1.65. The highest BCUT2D eigenvalue weighted by atomic mass is 32.1. The Morgan fingerprint density at radius 3 is 2.52 bits per heavy atom. The van der Waals surface area contributed by atoms with Crippen molar-refractivity contribution in [3.63, 3.8) is 0 Å². The number of anilines is 1. The number of thiophene rings is 1. The van der Waals surface area contributed by atoms with E-state index in [1.54, 1.807) is 11.3 Å². The van der Waals surface area contributed by atoms with Gasteiger partial charge in [-0.25, -0.2) is 9.50 Å². The third kappa shape index (κ3) is 3.11. The Morgan fingerprint density at radius 2 is 1.78 bits per heavy atom. The van der Waals surface area contributed by atoms with Crippen LogP contribution >= 0.6 is 11.3 Å². The molecular formula is C21H21N5S. The molecule has 1 aromatic carbocycles. The van der Waals surface area contributed by atoms with Gasteiger partial charge in [0.15, 0.2) is 5.65 Å². The van der Waals surface area contributed by atoms with Crippen LogP contribution in [0.15, 0.2) is 59.4 Å². The van der Waals surface area contributed by atoms with Gasteiger partial charge in [-0.05, 0) is 35.5 Å². The standard InChI is InChI=1S/C21H21N5S/c1-24-8-10-25(11-9-24)20-13-18(17-7-12-27-15-17)21-22-19(14-26(21)23-20)16-5-3-2-4-6-16/h2-7,12-15H,8-11H2,1H3. The van der Waals surface area contributed by atoms with Gasteiger partial charge in [-0.3, -0.25) is 0 Å². The minimum atomic E-state index is 0.908. The van der Waals surface area contributed by atoms with Crippen molar-refractivity contribution in [1.82, 2.24) is 19.5 Å². The maximum atomic E-state index is 4.92. The fraction of sp³-hybridized carbons (Fsp3) is 0.238. The van der Waals surface area contributed by atoms with E-state index in [4.69, 9.17) is 10.1 Å². The molecule has 136 valence electrons. The predicted molar refractivity (Wildman–Crippen MR) is 111 cm³/mol. The molecule has 0 saturated carbocycles. The van der Waals surface area contributed by atoms with Gasteiger partial charge in [0, 0.05) is 37.3 Å². The minimum Gasteiger partial charge on any atom is -0.353 e. The summed E-state index contributed by atoms with van der Waals surface area (Å²) < 4.78 is 1.95. The van der Waals surface area contributed by atoms with E-state index in [1.807, 2.05) is 28.9 Å². The van der Waals surface area contributed by atoms with Gasteiger partial charge in [-0.1, -0.05) is 30.3 Å². The lowest BCUT2D eigenvalue weighted by Crippen LogP contribution is -2.45. The third-order valence-electron chi connectivity index (χ3n) is 5.14. The largest absolute Gasteiger partial charge is 0.353 e. The van der Waals surface area contributed by atoms with Crippen LogP contribution in [0.25, 0.3) is 28.0 Å². The second-order valence-electron chi connectivity index (χ2n) is 6.98. The van der Waals surface area contributed by atoms with Crippen molar-refractivity contribution >= 4 is 22.8 Å². The van der Waals surface area contributed by atoms with Crippen molar-refractivity contribution in [1.29, 1.82) is 0 Å². The predicted octanol–water partition coefficient (Wildman–Crippen LogP) is 3.88. The number of likely N-dealkylation sites (N-methyl/N-ethyl adjacent to an activating group) is 1. The Kier molecular flexibility index (Phi) is 4.14. The minimum absolute atomic E-state index is 0.908. The van der Waals surface area contributed by atoms with Crippen LogP contribution in [0.4, 0.5) is 5.82 Å². The van der Waals surface area contributed by atoms with E-state index >= 15 is 0 Å². The normalized spacial score (nSPS) is 15.5. The van der Waals surface area contributed by atoms with E-state index in [9.17, 15) is 0 Å². The maximum Gasteiger partial charge on any atom is 0.162 e. The molecule has 1 saturated heterocycles. The molecule has 0 unspecified atom stereocenters. The summed E-state index contributed by atoms with van der Waals surface area (Å²) in [5.41, 5.74) is 5.32. The second-order valence-corrected chi connectivity index (χ2v) is 7.76. The first-order valence-electron chi connectivity index (χ1n) is 9.20. The summed E-state index contributed by atoms with van der Waals surface area (Å²) in [6, 6.07) is 14.7. The Morgan fingerprint density at radius 1 is 0.963 bits per heavy atom. The Bertz CT molecular complexity index is 1050. The number of hydrogen-bond donors (Lipinski definition) is 0. The van der Waals surface area contributed by atoms with Gasteiger partial charge in [0.25, 0.3) is 0 Å². The van der Waals surface area contributed by atoms with E-state index in [2.05, 4.69) is 51.9 Å². The molecule has 0 radical (unpaired) electrons. The van der Waals surface area contributed by atoms with Crippen molar-refractivity contribution in [2.24, 2.45) is 0 Å². The summed E-state index contributed by atoms with van der Waals surface area (Å²) in [6.45, 7) is 4.12. The number of piperazine rings is 1. The van der Waals surface area contributed by atoms with Gasteiger partial charge in [0.05, 0.1) is 11.9 Å². The lowest BCUT2D eigenvalue weighted by atomic mass is 10.1. The van der Waals surface area contributed by atoms with Crippen LogP contribution in [0.2, 0.25) is 0 Å². The maximum absolute atomic E-state index is 4.92. The van der Waals surface area contributed by atoms with Crippen LogP contribution in [0.3, 0.4) is 0 Å². The number of fused-ring (bicyclic) bond motifs is 1. The van der Waals surface area contributed by atoms with Crippen molar-refractivity contribution < 1.29 is 0 Å². The van der Waals surface area contributed by atoms with Crippen LogP contribution in [0.1, 0.15) is 0 Å². The molecule has 0 aliphatic carbocycles. The van der Waals surface area contributed by atoms with Crippen LogP contribution in [-0.4, -0.2) is 52.7 Å². The number of benzene rings is 1. The summed E-state index contributed by atoms with van der Waals surface area (Å²) >= 11 is 1.71. The molecule has 6 heteroatoms. The molecule has 4 heterocycles. The molecule has 27 heavy (non-hydrogen) atoms. The summed E-state index contributed by atoms with van der Waals surface area (Å²) in [6.07, 6.45) is 2.04. The zero-order valence-corrected chi connectivity index (χ0v) is 16.1. The van der Waals surface area contributed by atoms with E-state index < -0.39 is 0 Å². The Labute approximate surface area is 162 Å². The highest BCUT2D eigenvalue weighted by Gasteiger charge is 2.19. The summed E-state index contributed by atoms with van der Waals surface area (Å²) in [7, 11) is 2.17. The molecule has 1 fully saturated rings. The number of aromatic nitrogens is 3. The quantitative estimate of drug-likeness (QED) is 0.545. The third-order valence-corrected chi connectivity index (χ3v) is 5.82. The van der Waals surface area contributed by atoms with Crippen molar-refractivity contribution in [2.75, 3.05) is 38.1 Å². The monoisotopic (exact) mass is 375 g/mol. The lowest BCUT2D eigenvalue weighted by molar-refractivity contribution is 0.311. The molecule has 1 aliphatic heterocycles. The first kappa shape index (κ1) is 16.5. The number of rotatable bonds is 3. The molecule has 0 spiro atoms. The van der Waals surface area contributed by atoms with Gasteiger partial charge in [-0.15, -0.1) is 5.10 Å². The number of hydrogen-bond acceptors (Lipinski definition) is 5. The van der Waals surface area contributed by atoms with Crippen LogP contribution in [0.5, 0.6) is 0 Å². The van der Waals surface area contributed by atoms with Gasteiger partial charge in [0.1, 0.15) is 5.82 Å². The molecule has 0 atom stereocenters. The fourth-order valence-corrected chi connectivity index (χ4v) is 4.19. The SMILES string of the molecule is CN1CCN(c2cc(-c3ccsc3)c3nc(-c4ccccc4)cn3n2)CC1. The molecular weight excluding hydrogens is 354 g/mol. The molecule has 5 rings (SSSR count). The first-order chi connectivity index (χ1) is 13.3. The van der Waals surface area contributed by atoms with Crippen LogP contribution in [-0.2, 0) is 0 Å². The average molecular weight is 376 g/mol. The number of nitrogens with zero attached hydrogens (tertiary/aromatic N) is 5. The summed E-state index contributed by atoms with van der Waals surface area (Å²) in [5, 5.41) is 9.20. The molecule has 0 amide bonds. The van der Waals surface area contributed by atoms with Gasteiger partial charge in [0.2, 0.25) is 0 Å². The van der Waals surface area contributed by atoms with Crippen LogP contribution < -0.4 is 4.90 Å². The van der Waals surface area contributed by atoms with E-state index in [-0.39, 0.29) is 0 Å². The molecule has 4 aromatic rings. The van der Waals surface area contributed by atoms with E-state index in [1.165, 1.54) is 5.56 Å². The average Bonchev–Trinajstić information content (AvgIpc) is 3.38. The summed E-state index contributed by atoms with van der Waals surface area (Å²) in [4.78, 5) is 9.65. The van der Waals surface area contributed by atoms with Gasteiger partial charge >= 0.3 is 0 Å². The van der Waals surface area contributed by atoms with E-state index in [0.29, 0.717) is 0 Å².